The van der Waals surface area contributed by atoms with Crippen LogP contribution in [0.25, 0.3) is 11.3 Å². The fourth-order valence-electron chi connectivity index (χ4n) is 2.35. The number of benzene rings is 1. The Balaban J connectivity index is 1.92. The van der Waals surface area contributed by atoms with Crippen LogP contribution in [0.5, 0.6) is 0 Å². The van der Waals surface area contributed by atoms with Crippen molar-refractivity contribution in [2.24, 2.45) is 5.92 Å². The first kappa shape index (κ1) is 14.6. The van der Waals surface area contributed by atoms with Gasteiger partial charge in [0.25, 0.3) is 0 Å². The predicted octanol–water partition coefficient (Wildman–Crippen LogP) is 2.34. The van der Waals surface area contributed by atoms with E-state index in [1.54, 1.807) is 12.3 Å². The maximum absolute atomic E-state index is 12.0. The molecule has 0 bridgehead atoms. The third-order valence-electron chi connectivity index (χ3n) is 3.48. The first-order valence-corrected chi connectivity index (χ1v) is 7.46. The van der Waals surface area contributed by atoms with Crippen molar-refractivity contribution in [3.8, 4) is 11.3 Å². The largest absolute Gasteiger partial charge is 0.481 e. The Hall–Kier alpha value is -2.28. The summed E-state index contributed by atoms with van der Waals surface area (Å²) in [6.07, 6.45) is 1.56. The number of carboxylic acids is 1. The van der Waals surface area contributed by atoms with Crippen LogP contribution in [0.15, 0.2) is 41.0 Å². The van der Waals surface area contributed by atoms with Crippen LogP contribution in [0.3, 0.4) is 0 Å². The number of halogens is 1. The lowest BCUT2D eigenvalue weighted by molar-refractivity contribution is -0.141. The molecule has 112 valence electrons. The number of carbonyl (C=O) groups is 2. The molecular formula is C15H12BrN3O3. The Morgan fingerprint density at radius 2 is 2.18 bits per heavy atom. The minimum atomic E-state index is -0.973. The number of rotatable bonds is 3. The molecule has 0 spiro atoms. The number of carbonyl (C=O) groups excluding carboxylic acids is 1. The molecule has 1 unspecified atom stereocenters. The van der Waals surface area contributed by atoms with Crippen molar-refractivity contribution in [3.05, 3.63) is 41.0 Å². The van der Waals surface area contributed by atoms with Crippen molar-refractivity contribution in [1.29, 1.82) is 0 Å². The topological polar surface area (TPSA) is 83.4 Å². The van der Waals surface area contributed by atoms with E-state index in [1.165, 1.54) is 4.90 Å². The standard InChI is InChI=1S/C15H12BrN3O3/c16-11-3-1-2-9(6-11)12-4-5-17-15(18-12)19-8-10(14(21)22)7-13(19)20/h1-6,10H,7-8H2,(H,21,22). The number of aromatic nitrogens is 2. The summed E-state index contributed by atoms with van der Waals surface area (Å²) in [4.78, 5) is 32.8. The first-order chi connectivity index (χ1) is 10.5. The number of carboxylic acid groups (broad SMARTS) is 1. The van der Waals surface area contributed by atoms with Gasteiger partial charge in [0, 0.05) is 29.2 Å². The molecule has 6 nitrogen and oxygen atoms in total. The minimum Gasteiger partial charge on any atom is -0.481 e. The van der Waals surface area contributed by atoms with E-state index in [4.69, 9.17) is 5.11 Å². The molecule has 22 heavy (non-hydrogen) atoms. The zero-order chi connectivity index (χ0) is 15.7. The van der Waals surface area contributed by atoms with Crippen LogP contribution in [0.1, 0.15) is 6.42 Å². The Morgan fingerprint density at radius 1 is 1.36 bits per heavy atom. The van der Waals surface area contributed by atoms with Gasteiger partial charge in [-0.25, -0.2) is 9.97 Å². The van der Waals surface area contributed by atoms with E-state index in [9.17, 15) is 9.59 Å². The summed E-state index contributed by atoms with van der Waals surface area (Å²) in [7, 11) is 0. The fourth-order valence-corrected chi connectivity index (χ4v) is 2.75. The monoisotopic (exact) mass is 361 g/mol. The van der Waals surface area contributed by atoms with Crippen LogP contribution in [-0.2, 0) is 9.59 Å². The van der Waals surface area contributed by atoms with Gasteiger partial charge >= 0.3 is 5.97 Å². The van der Waals surface area contributed by atoms with Crippen LogP contribution < -0.4 is 4.90 Å². The first-order valence-electron chi connectivity index (χ1n) is 6.67. The van der Waals surface area contributed by atoms with Gasteiger partial charge in [0.15, 0.2) is 0 Å². The van der Waals surface area contributed by atoms with E-state index < -0.39 is 11.9 Å². The average Bonchev–Trinajstić information content (AvgIpc) is 2.90. The molecule has 1 fully saturated rings. The van der Waals surface area contributed by atoms with Gasteiger partial charge < -0.3 is 5.11 Å². The molecule has 1 aliphatic rings. The van der Waals surface area contributed by atoms with E-state index in [-0.39, 0.29) is 24.8 Å². The quantitative estimate of drug-likeness (QED) is 0.906. The second-order valence-corrected chi connectivity index (χ2v) is 5.91. The Labute approximate surface area is 134 Å². The summed E-state index contributed by atoms with van der Waals surface area (Å²) >= 11 is 3.40. The highest BCUT2D eigenvalue weighted by Crippen LogP contribution is 2.26. The Kier molecular flexibility index (Phi) is 3.89. The van der Waals surface area contributed by atoms with Gasteiger partial charge in [-0.2, -0.15) is 0 Å². The Bertz CT molecular complexity index is 750. The highest BCUT2D eigenvalue weighted by Gasteiger charge is 2.36. The van der Waals surface area contributed by atoms with Gasteiger partial charge in [0.2, 0.25) is 11.9 Å². The highest BCUT2D eigenvalue weighted by atomic mass is 79.9. The highest BCUT2D eigenvalue weighted by molar-refractivity contribution is 9.10. The molecule has 1 atom stereocenters. The molecule has 2 aromatic rings. The molecule has 0 radical (unpaired) electrons. The summed E-state index contributed by atoms with van der Waals surface area (Å²) < 4.78 is 0.924. The van der Waals surface area contributed by atoms with Crippen LogP contribution in [0.2, 0.25) is 0 Å². The van der Waals surface area contributed by atoms with Crippen molar-refractivity contribution < 1.29 is 14.7 Å². The molecule has 1 saturated heterocycles. The van der Waals surface area contributed by atoms with E-state index in [2.05, 4.69) is 25.9 Å². The molecule has 1 aliphatic heterocycles. The van der Waals surface area contributed by atoms with E-state index in [1.807, 2.05) is 24.3 Å². The van der Waals surface area contributed by atoms with Crippen LogP contribution >= 0.6 is 15.9 Å². The van der Waals surface area contributed by atoms with Crippen LogP contribution in [0.4, 0.5) is 5.95 Å². The minimum absolute atomic E-state index is 0.0141. The normalized spacial score (nSPS) is 17.8. The second kappa shape index (κ2) is 5.84. The third-order valence-corrected chi connectivity index (χ3v) is 3.97. The van der Waals surface area contributed by atoms with Gasteiger partial charge in [-0.15, -0.1) is 0 Å². The van der Waals surface area contributed by atoms with Crippen molar-refractivity contribution in [3.63, 3.8) is 0 Å². The molecule has 1 amide bonds. The Morgan fingerprint density at radius 3 is 2.86 bits per heavy atom. The maximum atomic E-state index is 12.0. The zero-order valence-electron chi connectivity index (χ0n) is 11.4. The van der Waals surface area contributed by atoms with Gasteiger partial charge in [0.05, 0.1) is 11.6 Å². The summed E-state index contributed by atoms with van der Waals surface area (Å²) in [6.45, 7) is 0.107. The van der Waals surface area contributed by atoms with Gasteiger partial charge in [0.1, 0.15) is 0 Å². The van der Waals surface area contributed by atoms with E-state index in [0.29, 0.717) is 5.69 Å². The molecule has 2 heterocycles. The molecule has 1 aromatic carbocycles. The van der Waals surface area contributed by atoms with Crippen LogP contribution in [0, 0.1) is 5.92 Å². The number of amides is 1. The lowest BCUT2D eigenvalue weighted by Gasteiger charge is -2.14. The van der Waals surface area contributed by atoms with E-state index >= 15 is 0 Å². The van der Waals surface area contributed by atoms with Crippen LogP contribution in [-0.4, -0.2) is 33.5 Å². The molecule has 7 heteroatoms. The smallest absolute Gasteiger partial charge is 0.308 e. The summed E-state index contributed by atoms with van der Waals surface area (Å²) in [5.41, 5.74) is 1.57. The number of anilines is 1. The van der Waals surface area contributed by atoms with Gasteiger partial charge in [-0.3, -0.25) is 14.5 Å². The van der Waals surface area contributed by atoms with Crippen molar-refractivity contribution in [2.75, 3.05) is 11.4 Å². The number of hydrogen-bond acceptors (Lipinski definition) is 4. The van der Waals surface area contributed by atoms with Crippen molar-refractivity contribution >= 4 is 33.8 Å². The second-order valence-electron chi connectivity index (χ2n) is 5.00. The molecule has 3 rings (SSSR count). The predicted molar refractivity (Wildman–Crippen MR) is 83.3 cm³/mol. The zero-order valence-corrected chi connectivity index (χ0v) is 13.0. The summed E-state index contributed by atoms with van der Waals surface area (Å²) in [5.74, 6) is -1.70. The molecule has 0 aliphatic carbocycles. The molecule has 0 saturated carbocycles. The SMILES string of the molecule is O=C(O)C1CC(=O)N(c2nccc(-c3cccc(Br)c3)n2)C1. The maximum Gasteiger partial charge on any atom is 0.308 e. The van der Waals surface area contributed by atoms with Gasteiger partial charge in [-0.05, 0) is 18.2 Å². The number of nitrogens with zero attached hydrogens (tertiary/aromatic N) is 3. The lowest BCUT2D eigenvalue weighted by atomic mass is 10.1. The number of aliphatic carboxylic acids is 1. The van der Waals surface area contributed by atoms with E-state index in [0.717, 1.165) is 10.0 Å². The fraction of sp³-hybridized carbons (Fsp3) is 0.200. The molecule has 1 aromatic heterocycles. The average molecular weight is 362 g/mol. The molecular weight excluding hydrogens is 350 g/mol. The third kappa shape index (κ3) is 2.85. The molecule has 1 N–H and O–H groups in total. The van der Waals surface area contributed by atoms with Crippen molar-refractivity contribution in [1.82, 2.24) is 9.97 Å². The lowest BCUT2D eigenvalue weighted by Crippen LogP contribution is -2.27. The summed E-state index contributed by atoms with van der Waals surface area (Å²) in [6, 6.07) is 9.37. The summed E-state index contributed by atoms with van der Waals surface area (Å²) in [5, 5.41) is 9.03. The van der Waals surface area contributed by atoms with Gasteiger partial charge in [-0.1, -0.05) is 28.1 Å². The van der Waals surface area contributed by atoms with Crippen molar-refractivity contribution in [2.45, 2.75) is 6.42 Å². The number of hydrogen-bond donors (Lipinski definition) is 1.